The highest BCUT2D eigenvalue weighted by Gasteiger charge is 2.34. The summed E-state index contributed by atoms with van der Waals surface area (Å²) in [5, 5.41) is 9.23. The lowest BCUT2D eigenvalue weighted by Crippen LogP contribution is -2.24. The number of carbonyl (C=O) groups is 2. The summed E-state index contributed by atoms with van der Waals surface area (Å²) in [6.45, 7) is 0. The van der Waals surface area contributed by atoms with Crippen LogP contribution in [0.25, 0.3) is 0 Å². The Hall–Kier alpha value is -2.22. The molecule has 2 aromatic rings. The number of nitrogens with zero attached hydrogens (tertiary/aromatic N) is 2. The molecule has 0 aliphatic carbocycles. The lowest BCUT2D eigenvalue weighted by atomic mass is 9.91. The SMILES string of the molecule is COC(=O)c1[nH]nc2c1C(c1cncs1)CC(=O)N2. The summed E-state index contributed by atoms with van der Waals surface area (Å²) in [5.74, 6) is -0.465. The number of esters is 1. The molecule has 0 radical (unpaired) electrons. The number of rotatable bonds is 2. The highest BCUT2D eigenvalue weighted by molar-refractivity contribution is 7.09. The van der Waals surface area contributed by atoms with Crippen molar-refractivity contribution in [3.05, 3.63) is 27.8 Å². The van der Waals surface area contributed by atoms with E-state index in [0.29, 0.717) is 11.4 Å². The van der Waals surface area contributed by atoms with E-state index in [1.165, 1.54) is 18.4 Å². The first-order valence-electron chi connectivity index (χ1n) is 5.55. The third-order valence-corrected chi connectivity index (χ3v) is 3.87. The molecule has 8 heteroatoms. The maximum Gasteiger partial charge on any atom is 0.356 e. The second kappa shape index (κ2) is 4.47. The van der Waals surface area contributed by atoms with E-state index in [-0.39, 0.29) is 23.9 Å². The molecule has 1 aliphatic heterocycles. The molecule has 19 heavy (non-hydrogen) atoms. The van der Waals surface area contributed by atoms with Gasteiger partial charge in [-0.3, -0.25) is 14.9 Å². The number of ether oxygens (including phenoxy) is 1. The molecular formula is C11H10N4O3S. The highest BCUT2D eigenvalue weighted by Crippen LogP contribution is 2.39. The minimum Gasteiger partial charge on any atom is -0.464 e. The van der Waals surface area contributed by atoms with Crippen LogP contribution >= 0.6 is 11.3 Å². The van der Waals surface area contributed by atoms with Crippen molar-refractivity contribution in [1.82, 2.24) is 15.2 Å². The third kappa shape index (κ3) is 1.89. The fourth-order valence-corrected chi connectivity index (χ4v) is 2.88. The largest absolute Gasteiger partial charge is 0.464 e. The van der Waals surface area contributed by atoms with Gasteiger partial charge in [0.1, 0.15) is 5.69 Å². The zero-order chi connectivity index (χ0) is 13.4. The molecule has 0 bridgehead atoms. The van der Waals surface area contributed by atoms with E-state index in [9.17, 15) is 9.59 Å². The third-order valence-electron chi connectivity index (χ3n) is 2.98. The number of H-pyrrole nitrogens is 1. The van der Waals surface area contributed by atoms with Crippen molar-refractivity contribution in [2.45, 2.75) is 12.3 Å². The lowest BCUT2D eigenvalue weighted by molar-refractivity contribution is -0.116. The Labute approximate surface area is 112 Å². The molecule has 1 unspecified atom stereocenters. The molecule has 0 saturated carbocycles. The molecule has 0 aromatic carbocycles. The number of hydrogen-bond donors (Lipinski definition) is 2. The summed E-state index contributed by atoms with van der Waals surface area (Å²) < 4.78 is 4.72. The minimum absolute atomic E-state index is 0.131. The number of carbonyl (C=O) groups excluding carboxylic acids is 2. The summed E-state index contributed by atoms with van der Waals surface area (Å²) >= 11 is 1.44. The van der Waals surface area contributed by atoms with E-state index in [1.54, 1.807) is 11.7 Å². The van der Waals surface area contributed by atoms with Crippen LogP contribution in [-0.2, 0) is 9.53 Å². The van der Waals surface area contributed by atoms with Crippen molar-refractivity contribution in [2.24, 2.45) is 0 Å². The predicted molar refractivity (Wildman–Crippen MR) is 67.1 cm³/mol. The van der Waals surface area contributed by atoms with Gasteiger partial charge in [0.15, 0.2) is 5.82 Å². The highest BCUT2D eigenvalue weighted by atomic mass is 32.1. The molecule has 2 N–H and O–H groups in total. The maximum atomic E-state index is 11.7. The Morgan fingerprint density at radius 3 is 3.11 bits per heavy atom. The predicted octanol–water partition coefficient (Wildman–Crippen LogP) is 1.13. The lowest BCUT2D eigenvalue weighted by Gasteiger charge is -2.21. The number of nitrogens with one attached hydrogen (secondary N) is 2. The van der Waals surface area contributed by atoms with Gasteiger partial charge in [-0.1, -0.05) is 0 Å². The zero-order valence-corrected chi connectivity index (χ0v) is 10.8. The number of aromatic amines is 1. The minimum atomic E-state index is -0.501. The molecule has 0 saturated heterocycles. The summed E-state index contributed by atoms with van der Waals surface area (Å²) in [4.78, 5) is 28.3. The number of thiazole rings is 1. The number of methoxy groups -OCH3 is 1. The molecule has 0 spiro atoms. The second-order valence-electron chi connectivity index (χ2n) is 4.06. The first-order valence-corrected chi connectivity index (χ1v) is 6.43. The van der Waals surface area contributed by atoms with E-state index in [1.807, 2.05) is 0 Å². The van der Waals surface area contributed by atoms with Gasteiger partial charge >= 0.3 is 5.97 Å². The molecule has 98 valence electrons. The van der Waals surface area contributed by atoms with Gasteiger partial charge < -0.3 is 10.1 Å². The monoisotopic (exact) mass is 278 g/mol. The number of anilines is 1. The molecule has 1 amide bonds. The second-order valence-corrected chi connectivity index (χ2v) is 4.98. The van der Waals surface area contributed by atoms with Crippen molar-refractivity contribution in [3.63, 3.8) is 0 Å². The molecule has 0 fully saturated rings. The van der Waals surface area contributed by atoms with Crippen molar-refractivity contribution in [1.29, 1.82) is 0 Å². The summed E-state index contributed by atoms with van der Waals surface area (Å²) in [5.41, 5.74) is 2.63. The van der Waals surface area contributed by atoms with E-state index in [2.05, 4.69) is 20.5 Å². The molecule has 1 atom stereocenters. The molecule has 2 aromatic heterocycles. The summed E-state index contributed by atoms with van der Waals surface area (Å²) in [7, 11) is 1.30. The van der Waals surface area contributed by atoms with E-state index in [0.717, 1.165) is 4.88 Å². The zero-order valence-electron chi connectivity index (χ0n) is 9.97. The van der Waals surface area contributed by atoms with Crippen molar-refractivity contribution >= 4 is 29.0 Å². The van der Waals surface area contributed by atoms with E-state index < -0.39 is 5.97 Å². The van der Waals surface area contributed by atoms with Crippen LogP contribution in [0.1, 0.15) is 33.3 Å². The average molecular weight is 278 g/mol. The fraction of sp³-hybridized carbons (Fsp3) is 0.273. The van der Waals surface area contributed by atoms with Crippen LogP contribution in [0.2, 0.25) is 0 Å². The van der Waals surface area contributed by atoms with Gasteiger partial charge in [0.25, 0.3) is 0 Å². The van der Waals surface area contributed by atoms with Crippen LogP contribution in [0, 0.1) is 0 Å². The number of hydrogen-bond acceptors (Lipinski definition) is 6. The van der Waals surface area contributed by atoms with Gasteiger partial charge in [-0.2, -0.15) is 5.10 Å². The standard InChI is InChI=1S/C11H10N4O3S/c1-18-11(17)9-8-5(6-3-12-4-19-6)2-7(16)13-10(8)15-14-9/h3-5H,2H2,1H3,(H2,13,14,15,16). The van der Waals surface area contributed by atoms with Crippen LogP contribution < -0.4 is 5.32 Å². The van der Waals surface area contributed by atoms with Crippen LogP contribution in [0.15, 0.2) is 11.7 Å². The number of aromatic nitrogens is 3. The molecule has 3 heterocycles. The van der Waals surface area contributed by atoms with E-state index in [4.69, 9.17) is 4.74 Å². The Bertz CT molecular complexity index is 634. The summed E-state index contributed by atoms with van der Waals surface area (Å²) in [6, 6.07) is 0. The van der Waals surface area contributed by atoms with Gasteiger partial charge in [-0.05, 0) is 0 Å². The first-order chi connectivity index (χ1) is 9.20. The van der Waals surface area contributed by atoms with Crippen molar-refractivity contribution < 1.29 is 14.3 Å². The summed E-state index contributed by atoms with van der Waals surface area (Å²) in [6.07, 6.45) is 1.96. The fourth-order valence-electron chi connectivity index (χ4n) is 2.15. The first kappa shape index (κ1) is 11.8. The van der Waals surface area contributed by atoms with Gasteiger partial charge in [0, 0.05) is 29.0 Å². The van der Waals surface area contributed by atoms with Gasteiger partial charge in [-0.15, -0.1) is 11.3 Å². The van der Waals surface area contributed by atoms with Gasteiger partial charge in [0.05, 0.1) is 12.6 Å². The molecule has 3 rings (SSSR count). The van der Waals surface area contributed by atoms with Crippen molar-refractivity contribution in [3.8, 4) is 0 Å². The molecular weight excluding hydrogens is 268 g/mol. The topological polar surface area (TPSA) is 97.0 Å². The Morgan fingerprint density at radius 2 is 2.42 bits per heavy atom. The average Bonchev–Trinajstić information content (AvgIpc) is 3.05. The van der Waals surface area contributed by atoms with Crippen LogP contribution in [-0.4, -0.2) is 34.2 Å². The molecule has 1 aliphatic rings. The maximum absolute atomic E-state index is 11.7. The number of fused-ring (bicyclic) bond motifs is 1. The van der Waals surface area contributed by atoms with Crippen molar-refractivity contribution in [2.75, 3.05) is 12.4 Å². The Kier molecular flexibility index (Phi) is 2.79. The molecule has 7 nitrogen and oxygen atoms in total. The van der Waals surface area contributed by atoms with Gasteiger partial charge in [-0.25, -0.2) is 4.79 Å². The van der Waals surface area contributed by atoms with Crippen LogP contribution in [0.3, 0.4) is 0 Å². The van der Waals surface area contributed by atoms with E-state index >= 15 is 0 Å². The van der Waals surface area contributed by atoms with Gasteiger partial charge in [0.2, 0.25) is 5.91 Å². The normalized spacial score (nSPS) is 17.7. The number of amides is 1. The Balaban J connectivity index is 2.12. The Morgan fingerprint density at radius 1 is 1.58 bits per heavy atom. The smallest absolute Gasteiger partial charge is 0.356 e. The van der Waals surface area contributed by atoms with Crippen LogP contribution in [0.4, 0.5) is 5.82 Å². The van der Waals surface area contributed by atoms with Crippen LogP contribution in [0.5, 0.6) is 0 Å². The quantitative estimate of drug-likeness (QED) is 0.802.